The number of β-amino-alcohol motifs (C(OH)–C–C–N with tert-alkyl or cyclic N) is 1. The number of aliphatic hydroxyl groups is 1. The lowest BCUT2D eigenvalue weighted by atomic mass is 9.86. The Balaban J connectivity index is -0.000000657. The van der Waals surface area contributed by atoms with E-state index in [0.717, 1.165) is 17.5 Å². The van der Waals surface area contributed by atoms with E-state index in [1.165, 1.54) is 23.3 Å². The Morgan fingerprint density at radius 2 is 1.57 bits per heavy atom. The predicted molar refractivity (Wildman–Crippen MR) is 211 cm³/mol. The summed E-state index contributed by atoms with van der Waals surface area (Å²) in [5, 5.41) is 16.1. The summed E-state index contributed by atoms with van der Waals surface area (Å²) in [5.74, 6) is 0.136. The molecule has 0 radical (unpaired) electrons. The van der Waals surface area contributed by atoms with Crippen LogP contribution in [0.3, 0.4) is 0 Å². The topological polar surface area (TPSA) is 94.6 Å². The molecule has 3 N–H and O–H groups in total. The Kier molecular flexibility index (Phi) is 29.5. The molecule has 2 heterocycles. The van der Waals surface area contributed by atoms with Crippen LogP contribution < -0.4 is 10.6 Å². The van der Waals surface area contributed by atoms with Crippen LogP contribution in [0.1, 0.15) is 127 Å². The second kappa shape index (κ2) is 28.0. The molecule has 0 saturated carbocycles. The monoisotopic (exact) mass is 697 g/mol. The fourth-order valence-corrected chi connectivity index (χ4v) is 5.61. The maximum Gasteiger partial charge on any atom is 0.240 e. The van der Waals surface area contributed by atoms with Crippen molar-refractivity contribution < 1.29 is 14.7 Å². The van der Waals surface area contributed by atoms with Crippen LogP contribution in [-0.2, 0) is 16.1 Å². The molecule has 0 spiro atoms. The van der Waals surface area contributed by atoms with E-state index in [0.29, 0.717) is 32.5 Å². The zero-order valence-electron chi connectivity index (χ0n) is 33.1. The summed E-state index contributed by atoms with van der Waals surface area (Å²) >= 11 is 1.64. The molecule has 1 saturated heterocycles. The van der Waals surface area contributed by atoms with Crippen LogP contribution in [0, 0.1) is 12.3 Å². The summed E-state index contributed by atoms with van der Waals surface area (Å²) in [7, 11) is -0.178. The van der Waals surface area contributed by atoms with Crippen LogP contribution in [0.25, 0.3) is 10.4 Å². The molecule has 1 aliphatic heterocycles. The Labute approximate surface area is 295 Å². The van der Waals surface area contributed by atoms with E-state index >= 15 is 0 Å². The first-order chi connectivity index (χ1) is 22.1. The summed E-state index contributed by atoms with van der Waals surface area (Å²) in [6, 6.07) is 7.97. The smallest absolute Gasteiger partial charge is 0.240 e. The molecule has 1 fully saturated rings. The number of carbonyl (C=O) groups excluding carboxylic acids is 2. The quantitative estimate of drug-likeness (QED) is 0.179. The van der Waals surface area contributed by atoms with Gasteiger partial charge in [-0.15, -0.1) is 11.3 Å². The largest absolute Gasteiger partial charge is 0.391 e. The standard InChI is InChI=1S/C16H33N2O2P.C12H12N2OS.C4H10.3C2H6/c1-15(2,3)13(17-11-21(7)16(4,5)6)14(20)18-9-8-12(19)10-18;1-9-12(16-8-14-9)11-4-2-10(3-5-11)6-13-7-15;1-3-4-2;3*1-2/h12-13,17,19H,8-11H2,1-7H3;2-5,7-8H,6H2,1H3,(H,13,15);3-4H2,1-2H3;3*1-2H3. The highest BCUT2D eigenvalue weighted by Crippen LogP contribution is 2.45. The molecule has 2 amide bonds. The van der Waals surface area contributed by atoms with Crippen molar-refractivity contribution in [2.24, 2.45) is 5.41 Å². The summed E-state index contributed by atoms with van der Waals surface area (Å²) in [6.07, 6.45) is 4.59. The molecule has 0 aliphatic carbocycles. The third-order valence-electron chi connectivity index (χ3n) is 7.12. The van der Waals surface area contributed by atoms with Crippen molar-refractivity contribution in [1.82, 2.24) is 20.5 Å². The van der Waals surface area contributed by atoms with Crippen LogP contribution in [0.4, 0.5) is 0 Å². The Hall–Kier alpha value is -1.86. The zero-order valence-corrected chi connectivity index (χ0v) is 34.8. The Morgan fingerprint density at radius 1 is 1.04 bits per heavy atom. The molecule has 2 aromatic rings. The number of amides is 2. The number of nitrogens with zero attached hydrogens (tertiary/aromatic N) is 2. The van der Waals surface area contributed by atoms with Crippen LogP contribution in [0.15, 0.2) is 29.8 Å². The summed E-state index contributed by atoms with van der Waals surface area (Å²) in [4.78, 5) is 30.2. The average Bonchev–Trinajstić information content (AvgIpc) is 3.70. The third-order valence-corrected chi connectivity index (χ3v) is 11.0. The minimum Gasteiger partial charge on any atom is -0.391 e. The van der Waals surface area contributed by atoms with Crippen molar-refractivity contribution in [2.45, 2.75) is 147 Å². The Morgan fingerprint density at radius 3 is 1.94 bits per heavy atom. The molecule has 274 valence electrons. The van der Waals surface area contributed by atoms with Crippen molar-refractivity contribution in [2.75, 3.05) is 26.0 Å². The second-order valence-corrected chi connectivity index (χ2v) is 16.6. The lowest BCUT2D eigenvalue weighted by molar-refractivity contribution is -0.135. The lowest BCUT2D eigenvalue weighted by Crippen LogP contribution is -2.53. The van der Waals surface area contributed by atoms with Crippen molar-refractivity contribution in [3.63, 3.8) is 0 Å². The maximum absolute atomic E-state index is 12.8. The van der Waals surface area contributed by atoms with Gasteiger partial charge in [-0.25, -0.2) is 4.98 Å². The molecule has 7 nitrogen and oxygen atoms in total. The number of thiazole rings is 1. The van der Waals surface area contributed by atoms with Gasteiger partial charge in [0.1, 0.15) is 0 Å². The number of hydrogen-bond donors (Lipinski definition) is 3. The molecule has 47 heavy (non-hydrogen) atoms. The van der Waals surface area contributed by atoms with E-state index in [2.05, 4.69) is 89.8 Å². The first-order valence-corrected chi connectivity index (χ1v) is 20.6. The fraction of sp³-hybridized carbons (Fsp3) is 0.711. The van der Waals surface area contributed by atoms with Gasteiger partial charge in [0.15, 0.2) is 0 Å². The number of aryl methyl sites for hydroxylation is 1. The number of benzene rings is 1. The number of aliphatic hydroxyl groups excluding tert-OH is 1. The van der Waals surface area contributed by atoms with Gasteiger partial charge in [0.2, 0.25) is 12.3 Å². The number of carbonyl (C=O) groups is 2. The number of rotatable bonds is 9. The number of aromatic nitrogens is 1. The Bertz CT molecular complexity index is 1030. The molecule has 1 aliphatic rings. The number of likely N-dealkylation sites (tertiary alicyclic amines) is 1. The van der Waals surface area contributed by atoms with Crippen LogP contribution in [-0.4, -0.2) is 70.6 Å². The van der Waals surface area contributed by atoms with Crippen LogP contribution in [0.5, 0.6) is 0 Å². The molecular formula is C38H73N4O3PS. The van der Waals surface area contributed by atoms with Gasteiger partial charge in [-0.1, -0.05) is 142 Å². The van der Waals surface area contributed by atoms with E-state index in [-0.39, 0.29) is 36.5 Å². The molecule has 1 aromatic heterocycles. The van der Waals surface area contributed by atoms with Gasteiger partial charge >= 0.3 is 0 Å². The normalized spacial score (nSPS) is 14.8. The molecule has 3 rings (SSSR count). The van der Waals surface area contributed by atoms with Gasteiger partial charge in [0.05, 0.1) is 28.2 Å². The van der Waals surface area contributed by atoms with Gasteiger partial charge in [0, 0.05) is 25.9 Å². The first kappa shape index (κ1) is 49.5. The van der Waals surface area contributed by atoms with E-state index in [4.69, 9.17) is 0 Å². The van der Waals surface area contributed by atoms with Crippen LogP contribution >= 0.6 is 19.3 Å². The summed E-state index contributed by atoms with van der Waals surface area (Å²) < 4.78 is 0. The van der Waals surface area contributed by atoms with Crippen molar-refractivity contribution in [1.29, 1.82) is 0 Å². The summed E-state index contributed by atoms with van der Waals surface area (Å²) in [6.45, 7) is 35.5. The van der Waals surface area contributed by atoms with E-state index in [9.17, 15) is 14.7 Å². The molecule has 9 heteroatoms. The van der Waals surface area contributed by atoms with E-state index in [1.54, 1.807) is 11.3 Å². The molecule has 0 bridgehead atoms. The van der Waals surface area contributed by atoms with E-state index in [1.807, 2.05) is 71.0 Å². The van der Waals surface area contributed by atoms with E-state index < -0.39 is 0 Å². The highest BCUT2D eigenvalue weighted by atomic mass is 32.1. The highest BCUT2D eigenvalue weighted by Gasteiger charge is 2.37. The molecular weight excluding hydrogens is 623 g/mol. The van der Waals surface area contributed by atoms with Gasteiger partial charge in [-0.2, -0.15) is 0 Å². The minimum absolute atomic E-state index is 0.126. The lowest BCUT2D eigenvalue weighted by Gasteiger charge is -2.36. The van der Waals surface area contributed by atoms with Crippen molar-refractivity contribution in [3.05, 3.63) is 41.0 Å². The van der Waals surface area contributed by atoms with Crippen molar-refractivity contribution >= 4 is 31.6 Å². The average molecular weight is 697 g/mol. The molecule has 3 atom stereocenters. The molecule has 3 unspecified atom stereocenters. The zero-order chi connectivity index (χ0) is 37.2. The minimum atomic E-state index is -0.354. The summed E-state index contributed by atoms with van der Waals surface area (Å²) in [5.41, 5.74) is 5.06. The fourth-order valence-electron chi connectivity index (χ4n) is 3.87. The van der Waals surface area contributed by atoms with Gasteiger partial charge in [-0.05, 0) is 41.7 Å². The highest BCUT2D eigenvalue weighted by molar-refractivity contribution is 7.58. The number of hydrogen-bond acceptors (Lipinski definition) is 6. The SMILES string of the molecule is CC.CC.CC.CCCC.CP(CNC(C(=O)N1CCC(O)C1)C(C)(C)C)C(C)(C)C.Cc1ncsc1-c1ccc(CNC=O)cc1. The van der Waals surface area contributed by atoms with Gasteiger partial charge in [-0.3, -0.25) is 9.59 Å². The predicted octanol–water partition coefficient (Wildman–Crippen LogP) is 9.70. The third kappa shape index (κ3) is 21.0. The number of unbranched alkanes of at least 4 members (excludes halogenated alkanes) is 1. The molecule has 1 aromatic carbocycles. The number of nitrogens with one attached hydrogen (secondary N) is 2. The second-order valence-electron chi connectivity index (χ2n) is 12.7. The van der Waals surface area contributed by atoms with Crippen LogP contribution in [0.2, 0.25) is 0 Å². The van der Waals surface area contributed by atoms with Crippen molar-refractivity contribution in [3.8, 4) is 10.4 Å². The van der Waals surface area contributed by atoms with Gasteiger partial charge in [0.25, 0.3) is 0 Å². The maximum atomic E-state index is 12.8. The van der Waals surface area contributed by atoms with Gasteiger partial charge < -0.3 is 20.6 Å². The first-order valence-electron chi connectivity index (χ1n) is 17.7.